The van der Waals surface area contributed by atoms with Gasteiger partial charge in [-0.3, -0.25) is 14.5 Å². The zero-order valence-corrected chi connectivity index (χ0v) is 20.9. The van der Waals surface area contributed by atoms with E-state index in [1.807, 2.05) is 12.1 Å². The van der Waals surface area contributed by atoms with Crippen molar-refractivity contribution in [3.8, 4) is 11.5 Å². The predicted octanol–water partition coefficient (Wildman–Crippen LogP) is 3.48. The number of carbonyl (C=O) groups excluding carboxylic acids is 2. The van der Waals surface area contributed by atoms with Crippen LogP contribution in [0.1, 0.15) is 44.9 Å². The summed E-state index contributed by atoms with van der Waals surface area (Å²) in [4.78, 5) is 33.6. The Balaban J connectivity index is 1.22. The molecule has 0 saturated carbocycles. The first kappa shape index (κ1) is 22.9. The average molecular weight is 480 g/mol. The molecule has 2 amide bonds. The van der Waals surface area contributed by atoms with E-state index in [1.54, 1.807) is 25.2 Å². The quantitative estimate of drug-likeness (QED) is 0.619. The molecular formula is C28H37N3O4. The summed E-state index contributed by atoms with van der Waals surface area (Å²) in [5, 5.41) is 0. The van der Waals surface area contributed by atoms with E-state index >= 15 is 0 Å². The molecule has 4 aliphatic heterocycles. The SMILES string of the molecule is COc1ccc(N2C[C@H](C(=O)N3CCCC4=C[C@@H]5C[C@@H](CN6CCCC[C@@H]56)[C@@H]43)CC2=O)c(OC)c1. The zero-order chi connectivity index (χ0) is 24.1. The van der Waals surface area contributed by atoms with Crippen molar-refractivity contribution in [3.63, 3.8) is 0 Å². The minimum atomic E-state index is -0.308. The number of benzene rings is 1. The predicted molar refractivity (Wildman–Crippen MR) is 134 cm³/mol. The lowest BCUT2D eigenvalue weighted by molar-refractivity contribution is -0.140. The lowest BCUT2D eigenvalue weighted by atomic mass is 9.68. The van der Waals surface area contributed by atoms with Gasteiger partial charge in [-0.2, -0.15) is 0 Å². The number of fused-ring (bicyclic) bond motifs is 6. The molecule has 4 saturated heterocycles. The number of carbonyl (C=O) groups is 2. The van der Waals surface area contributed by atoms with Gasteiger partial charge in [-0.1, -0.05) is 18.1 Å². The summed E-state index contributed by atoms with van der Waals surface area (Å²) in [7, 11) is 3.20. The molecule has 7 nitrogen and oxygen atoms in total. The normalized spacial score (nSPS) is 32.6. The fourth-order valence-electron chi connectivity index (χ4n) is 7.57. The lowest BCUT2D eigenvalue weighted by Gasteiger charge is -2.55. The van der Waals surface area contributed by atoms with Gasteiger partial charge in [0.05, 0.1) is 31.9 Å². The van der Waals surface area contributed by atoms with Gasteiger partial charge in [0.1, 0.15) is 11.5 Å². The molecule has 0 spiro atoms. The van der Waals surface area contributed by atoms with Crippen LogP contribution in [0.4, 0.5) is 5.69 Å². The van der Waals surface area contributed by atoms with Crippen molar-refractivity contribution in [2.24, 2.45) is 17.8 Å². The summed E-state index contributed by atoms with van der Waals surface area (Å²) < 4.78 is 10.8. The Labute approximate surface area is 208 Å². The molecule has 5 aliphatic rings. The van der Waals surface area contributed by atoms with Crippen molar-refractivity contribution in [2.75, 3.05) is 45.3 Å². The third-order valence-electron chi connectivity index (χ3n) is 9.09. The average Bonchev–Trinajstić information content (AvgIpc) is 3.28. The Morgan fingerprint density at radius 1 is 1.06 bits per heavy atom. The van der Waals surface area contributed by atoms with E-state index in [9.17, 15) is 9.59 Å². The van der Waals surface area contributed by atoms with Crippen molar-refractivity contribution < 1.29 is 19.1 Å². The number of anilines is 1. The monoisotopic (exact) mass is 479 g/mol. The first-order valence-corrected chi connectivity index (χ1v) is 13.3. The van der Waals surface area contributed by atoms with E-state index in [4.69, 9.17) is 9.47 Å². The van der Waals surface area contributed by atoms with Gasteiger partial charge in [-0.05, 0) is 62.6 Å². The standard InChI is InChI=1S/C28H37N3O4/c1-34-22-8-9-24(25(15-22)35-2)31-17-21(14-26(31)32)28(33)30-11-5-6-18-12-19-13-20(27(18)30)16-29-10-4-3-7-23(19)29/h8-9,12,15,19-21,23,27H,3-7,10-11,13-14,16-17H2,1-2H3/t19-,20+,21-,23+,27-/m1/s1. The number of hydrogen-bond acceptors (Lipinski definition) is 5. The maximum atomic E-state index is 13.9. The van der Waals surface area contributed by atoms with Gasteiger partial charge in [-0.15, -0.1) is 0 Å². The van der Waals surface area contributed by atoms with Gasteiger partial charge in [0.2, 0.25) is 11.8 Å². The van der Waals surface area contributed by atoms with E-state index in [-0.39, 0.29) is 30.2 Å². The highest BCUT2D eigenvalue weighted by Crippen LogP contribution is 2.46. The molecule has 4 heterocycles. The van der Waals surface area contributed by atoms with Gasteiger partial charge in [0.25, 0.3) is 0 Å². The summed E-state index contributed by atoms with van der Waals surface area (Å²) >= 11 is 0. The first-order chi connectivity index (χ1) is 17.1. The molecule has 0 unspecified atom stereocenters. The Morgan fingerprint density at radius 2 is 1.94 bits per heavy atom. The van der Waals surface area contributed by atoms with Crippen LogP contribution in [-0.4, -0.2) is 74.1 Å². The number of piperidine rings is 3. The minimum Gasteiger partial charge on any atom is -0.497 e. The van der Waals surface area contributed by atoms with Gasteiger partial charge < -0.3 is 19.3 Å². The molecule has 7 heteroatoms. The number of hydrogen-bond donors (Lipinski definition) is 0. The number of methoxy groups -OCH3 is 2. The molecule has 0 N–H and O–H groups in total. The van der Waals surface area contributed by atoms with E-state index in [0.29, 0.717) is 41.6 Å². The smallest absolute Gasteiger partial charge is 0.228 e. The van der Waals surface area contributed by atoms with Crippen molar-refractivity contribution in [3.05, 3.63) is 29.8 Å². The first-order valence-electron chi connectivity index (χ1n) is 13.3. The van der Waals surface area contributed by atoms with Crippen LogP contribution < -0.4 is 14.4 Å². The van der Waals surface area contributed by atoms with E-state index < -0.39 is 0 Å². The summed E-state index contributed by atoms with van der Waals surface area (Å²) in [5.41, 5.74) is 2.20. The third-order valence-corrected chi connectivity index (χ3v) is 9.09. The molecule has 0 aromatic heterocycles. The Kier molecular flexibility index (Phi) is 5.99. The van der Waals surface area contributed by atoms with Gasteiger partial charge in [0, 0.05) is 38.2 Å². The molecule has 0 radical (unpaired) electrons. The van der Waals surface area contributed by atoms with Crippen LogP contribution in [0.25, 0.3) is 0 Å². The van der Waals surface area contributed by atoms with Crippen LogP contribution in [0.15, 0.2) is 29.8 Å². The van der Waals surface area contributed by atoms with Crippen LogP contribution in [-0.2, 0) is 9.59 Å². The summed E-state index contributed by atoms with van der Waals surface area (Å²) in [6.07, 6.45) is 10.1. The molecule has 1 aliphatic carbocycles. The van der Waals surface area contributed by atoms with Crippen LogP contribution in [0.3, 0.4) is 0 Å². The fraction of sp³-hybridized carbons (Fsp3) is 0.643. The highest BCUT2D eigenvalue weighted by Gasteiger charge is 2.48. The van der Waals surface area contributed by atoms with Crippen LogP contribution >= 0.6 is 0 Å². The topological polar surface area (TPSA) is 62.3 Å². The molecule has 1 aromatic rings. The Hall–Kier alpha value is -2.54. The minimum absolute atomic E-state index is 0.0166. The van der Waals surface area contributed by atoms with E-state index in [2.05, 4.69) is 15.9 Å². The molecule has 1 aromatic carbocycles. The molecular weight excluding hydrogens is 442 g/mol. The maximum Gasteiger partial charge on any atom is 0.228 e. The second kappa shape index (κ2) is 9.16. The van der Waals surface area contributed by atoms with Gasteiger partial charge >= 0.3 is 0 Å². The summed E-state index contributed by atoms with van der Waals surface area (Å²) in [5.74, 6) is 2.27. The number of nitrogens with zero attached hydrogens (tertiary/aromatic N) is 3. The number of amides is 2. The van der Waals surface area contributed by atoms with Crippen molar-refractivity contribution in [1.82, 2.24) is 9.80 Å². The molecule has 2 bridgehead atoms. The van der Waals surface area contributed by atoms with Crippen LogP contribution in [0.5, 0.6) is 11.5 Å². The molecule has 6 rings (SSSR count). The molecule has 35 heavy (non-hydrogen) atoms. The number of rotatable bonds is 4. The van der Waals surface area contributed by atoms with Crippen LogP contribution in [0.2, 0.25) is 0 Å². The second-order valence-electron chi connectivity index (χ2n) is 11.0. The fourth-order valence-corrected chi connectivity index (χ4v) is 7.57. The lowest BCUT2D eigenvalue weighted by Crippen LogP contribution is -2.60. The van der Waals surface area contributed by atoms with Gasteiger partial charge in [-0.25, -0.2) is 0 Å². The van der Waals surface area contributed by atoms with E-state index in [1.165, 1.54) is 37.8 Å². The van der Waals surface area contributed by atoms with E-state index in [0.717, 1.165) is 25.9 Å². The van der Waals surface area contributed by atoms with Crippen molar-refractivity contribution >= 4 is 17.5 Å². The van der Waals surface area contributed by atoms with Crippen molar-refractivity contribution in [2.45, 2.75) is 57.0 Å². The molecule has 188 valence electrons. The number of ether oxygens (including phenoxy) is 2. The third kappa shape index (κ3) is 3.92. The largest absolute Gasteiger partial charge is 0.497 e. The summed E-state index contributed by atoms with van der Waals surface area (Å²) in [6.45, 7) is 3.54. The number of likely N-dealkylation sites (tertiary alicyclic amines) is 1. The highest BCUT2D eigenvalue weighted by atomic mass is 16.5. The van der Waals surface area contributed by atoms with Crippen molar-refractivity contribution in [1.29, 1.82) is 0 Å². The Bertz CT molecular complexity index is 1040. The molecule has 5 atom stereocenters. The highest BCUT2D eigenvalue weighted by molar-refractivity contribution is 6.01. The Morgan fingerprint density at radius 3 is 2.77 bits per heavy atom. The van der Waals surface area contributed by atoms with Gasteiger partial charge in [0.15, 0.2) is 0 Å². The summed E-state index contributed by atoms with van der Waals surface area (Å²) in [6, 6.07) is 6.39. The molecule has 4 fully saturated rings. The van der Waals surface area contributed by atoms with Crippen LogP contribution in [0, 0.1) is 17.8 Å². The maximum absolute atomic E-state index is 13.9. The second-order valence-corrected chi connectivity index (χ2v) is 11.0. The zero-order valence-electron chi connectivity index (χ0n) is 20.9.